The summed E-state index contributed by atoms with van der Waals surface area (Å²) in [6.07, 6.45) is -0.553. The highest BCUT2D eigenvalue weighted by Gasteiger charge is 2.31. The van der Waals surface area contributed by atoms with Gasteiger partial charge in [0, 0.05) is 19.5 Å². The molecule has 7 nitrogen and oxygen atoms in total. The fraction of sp³-hybridized carbons (Fsp3) is 0.500. The third-order valence-electron chi connectivity index (χ3n) is 3.89. The van der Waals surface area contributed by atoms with Crippen LogP contribution in [0.25, 0.3) is 0 Å². The molecule has 1 N–H and O–H groups in total. The number of hydrogen-bond donors (Lipinski definition) is 1. The van der Waals surface area contributed by atoms with Gasteiger partial charge in [0.2, 0.25) is 5.91 Å². The van der Waals surface area contributed by atoms with Gasteiger partial charge >= 0.3 is 5.97 Å². The Morgan fingerprint density at radius 2 is 2.00 bits per heavy atom. The van der Waals surface area contributed by atoms with Crippen LogP contribution in [0.3, 0.4) is 0 Å². The molecule has 0 aliphatic carbocycles. The van der Waals surface area contributed by atoms with Crippen LogP contribution in [0.15, 0.2) is 24.3 Å². The summed E-state index contributed by atoms with van der Waals surface area (Å²) in [5.74, 6) is -0.767. The van der Waals surface area contributed by atoms with Crippen LogP contribution in [0.2, 0.25) is 0 Å². The molecule has 1 aromatic carbocycles. The van der Waals surface area contributed by atoms with E-state index in [9.17, 15) is 14.4 Å². The van der Waals surface area contributed by atoms with E-state index in [0.717, 1.165) is 0 Å². The maximum Gasteiger partial charge on any atom is 0.323 e. The van der Waals surface area contributed by atoms with Crippen LogP contribution in [-0.4, -0.2) is 53.5 Å². The monoisotopic (exact) mass is 348 g/mol. The number of fused-ring (bicyclic) bond motifs is 1. The third-order valence-corrected chi connectivity index (χ3v) is 3.89. The number of carbonyl (C=O) groups excluding carboxylic acids is 2. The SMILES string of the molecule is CC(C)CN(CC(=O)O)C(=O)CCN1C(=O)C(C)Oc2ccccc21. The lowest BCUT2D eigenvalue weighted by molar-refractivity contribution is -0.144. The Bertz CT molecular complexity index is 659. The molecule has 0 aromatic heterocycles. The molecule has 0 radical (unpaired) electrons. The van der Waals surface area contributed by atoms with Gasteiger partial charge in [-0.15, -0.1) is 0 Å². The molecule has 0 saturated carbocycles. The van der Waals surface area contributed by atoms with Gasteiger partial charge in [-0.25, -0.2) is 0 Å². The molecule has 2 rings (SSSR count). The van der Waals surface area contributed by atoms with Crippen LogP contribution >= 0.6 is 0 Å². The Hall–Kier alpha value is -2.57. The molecule has 25 heavy (non-hydrogen) atoms. The molecule has 136 valence electrons. The molecule has 0 spiro atoms. The molecule has 1 aliphatic heterocycles. The fourth-order valence-corrected chi connectivity index (χ4v) is 2.81. The summed E-state index contributed by atoms with van der Waals surface area (Å²) in [5, 5.41) is 8.99. The van der Waals surface area contributed by atoms with Gasteiger partial charge in [0.05, 0.1) is 5.69 Å². The van der Waals surface area contributed by atoms with Crippen LogP contribution in [0, 0.1) is 5.92 Å². The second-order valence-electron chi connectivity index (χ2n) is 6.53. The molecule has 7 heteroatoms. The predicted molar refractivity (Wildman–Crippen MR) is 92.6 cm³/mol. The van der Waals surface area contributed by atoms with Gasteiger partial charge in [0.1, 0.15) is 12.3 Å². The van der Waals surface area contributed by atoms with Crippen LogP contribution < -0.4 is 9.64 Å². The minimum Gasteiger partial charge on any atom is -0.480 e. The summed E-state index contributed by atoms with van der Waals surface area (Å²) in [6, 6.07) is 7.17. The van der Waals surface area contributed by atoms with Crippen molar-refractivity contribution in [3.63, 3.8) is 0 Å². The third kappa shape index (κ3) is 4.71. The first-order valence-electron chi connectivity index (χ1n) is 8.36. The van der Waals surface area contributed by atoms with Crippen molar-refractivity contribution in [3.8, 4) is 5.75 Å². The van der Waals surface area contributed by atoms with Crippen molar-refractivity contribution in [2.75, 3.05) is 24.5 Å². The number of rotatable bonds is 7. The summed E-state index contributed by atoms with van der Waals surface area (Å²) in [5.41, 5.74) is 0.632. The van der Waals surface area contributed by atoms with Crippen molar-refractivity contribution in [1.82, 2.24) is 4.90 Å². The molecule has 1 aliphatic rings. The summed E-state index contributed by atoms with van der Waals surface area (Å²) < 4.78 is 5.57. The number of para-hydroxylation sites is 2. The average Bonchev–Trinajstić information content (AvgIpc) is 2.53. The van der Waals surface area contributed by atoms with Gasteiger partial charge in [0.15, 0.2) is 6.10 Å². The maximum atomic E-state index is 12.5. The maximum absolute atomic E-state index is 12.5. The number of nitrogens with zero attached hydrogens (tertiary/aromatic N) is 2. The van der Waals surface area contributed by atoms with Crippen molar-refractivity contribution in [2.24, 2.45) is 5.92 Å². The van der Waals surface area contributed by atoms with Crippen molar-refractivity contribution in [2.45, 2.75) is 33.3 Å². The Morgan fingerprint density at radius 1 is 1.32 bits per heavy atom. The highest BCUT2D eigenvalue weighted by molar-refractivity contribution is 6.00. The van der Waals surface area contributed by atoms with Crippen molar-refractivity contribution in [3.05, 3.63) is 24.3 Å². The lowest BCUT2D eigenvalue weighted by Gasteiger charge is -2.33. The minimum absolute atomic E-state index is 0.0623. The van der Waals surface area contributed by atoms with Gasteiger partial charge in [-0.1, -0.05) is 26.0 Å². The lowest BCUT2D eigenvalue weighted by Crippen LogP contribution is -2.46. The zero-order valence-electron chi connectivity index (χ0n) is 14.8. The quantitative estimate of drug-likeness (QED) is 0.811. The van der Waals surface area contributed by atoms with Gasteiger partial charge < -0.3 is 19.6 Å². The van der Waals surface area contributed by atoms with E-state index < -0.39 is 12.1 Å². The molecular weight excluding hydrogens is 324 g/mol. The molecule has 0 bridgehead atoms. The predicted octanol–water partition coefficient (Wildman–Crippen LogP) is 1.76. The summed E-state index contributed by atoms with van der Waals surface area (Å²) in [7, 11) is 0. The van der Waals surface area contributed by atoms with Crippen LogP contribution in [-0.2, 0) is 14.4 Å². The number of amides is 2. The summed E-state index contributed by atoms with van der Waals surface area (Å²) >= 11 is 0. The topological polar surface area (TPSA) is 87.2 Å². The molecule has 0 saturated heterocycles. The van der Waals surface area contributed by atoms with Crippen LogP contribution in [0.5, 0.6) is 5.75 Å². The standard InChI is InChI=1S/C18H24N2O5/c1-12(2)10-19(11-17(22)23)16(21)8-9-20-14-6-4-5-7-15(14)25-13(3)18(20)24/h4-7,12-13H,8-11H2,1-3H3,(H,22,23). The fourth-order valence-electron chi connectivity index (χ4n) is 2.81. The molecule has 1 atom stereocenters. The number of hydrogen-bond acceptors (Lipinski definition) is 4. The van der Waals surface area contributed by atoms with E-state index in [1.54, 1.807) is 25.1 Å². The molecule has 2 amide bonds. The van der Waals surface area contributed by atoms with Crippen molar-refractivity contribution in [1.29, 1.82) is 0 Å². The zero-order chi connectivity index (χ0) is 18.6. The van der Waals surface area contributed by atoms with Gasteiger partial charge in [0.25, 0.3) is 5.91 Å². The number of anilines is 1. The lowest BCUT2D eigenvalue weighted by atomic mass is 10.1. The average molecular weight is 348 g/mol. The normalized spacial score (nSPS) is 16.4. The van der Waals surface area contributed by atoms with Gasteiger partial charge in [-0.05, 0) is 25.0 Å². The van der Waals surface area contributed by atoms with E-state index >= 15 is 0 Å². The highest BCUT2D eigenvalue weighted by Crippen LogP contribution is 2.33. The van der Waals surface area contributed by atoms with E-state index in [4.69, 9.17) is 9.84 Å². The van der Waals surface area contributed by atoms with E-state index in [1.807, 2.05) is 19.9 Å². The first-order chi connectivity index (χ1) is 11.8. The molecule has 1 aromatic rings. The van der Waals surface area contributed by atoms with E-state index in [-0.39, 0.29) is 37.2 Å². The van der Waals surface area contributed by atoms with Gasteiger partial charge in [-0.3, -0.25) is 14.4 Å². The largest absolute Gasteiger partial charge is 0.480 e. The second kappa shape index (κ2) is 8.00. The number of aliphatic carboxylic acids is 1. The van der Waals surface area contributed by atoms with E-state index in [0.29, 0.717) is 18.0 Å². The number of benzene rings is 1. The number of carboxylic acid groups (broad SMARTS) is 1. The molecule has 0 fully saturated rings. The molecule has 1 heterocycles. The van der Waals surface area contributed by atoms with Crippen LogP contribution in [0.4, 0.5) is 5.69 Å². The first kappa shape index (κ1) is 18.8. The van der Waals surface area contributed by atoms with Crippen molar-refractivity contribution < 1.29 is 24.2 Å². The number of ether oxygens (including phenoxy) is 1. The Labute approximate surface area is 147 Å². The first-order valence-corrected chi connectivity index (χ1v) is 8.36. The number of carboxylic acids is 1. The molecule has 1 unspecified atom stereocenters. The van der Waals surface area contributed by atoms with E-state index in [2.05, 4.69) is 0 Å². The van der Waals surface area contributed by atoms with Gasteiger partial charge in [-0.2, -0.15) is 0 Å². The Morgan fingerprint density at radius 3 is 2.64 bits per heavy atom. The second-order valence-corrected chi connectivity index (χ2v) is 6.53. The van der Waals surface area contributed by atoms with Crippen LogP contribution in [0.1, 0.15) is 27.2 Å². The highest BCUT2D eigenvalue weighted by atomic mass is 16.5. The number of carbonyl (C=O) groups is 3. The minimum atomic E-state index is -1.05. The summed E-state index contributed by atoms with van der Waals surface area (Å²) in [6.45, 7) is 5.74. The van der Waals surface area contributed by atoms with Crippen molar-refractivity contribution >= 4 is 23.5 Å². The smallest absolute Gasteiger partial charge is 0.323 e. The molecular formula is C18H24N2O5. The van der Waals surface area contributed by atoms with E-state index in [1.165, 1.54) is 9.80 Å². The summed E-state index contributed by atoms with van der Waals surface area (Å²) in [4.78, 5) is 38.7. The zero-order valence-corrected chi connectivity index (χ0v) is 14.8. The Kier molecular flexibility index (Phi) is 6.01. The Balaban J connectivity index is 2.09.